The molecule has 0 atom stereocenters. The first kappa shape index (κ1) is 18.6. The molecule has 4 rings (SSSR count). The van der Waals surface area contributed by atoms with Crippen LogP contribution < -0.4 is 10.6 Å². The molecular weight excluding hydrogens is 366 g/mol. The van der Waals surface area contributed by atoms with Crippen LogP contribution in [0, 0.1) is 0 Å². The van der Waals surface area contributed by atoms with Gasteiger partial charge >= 0.3 is 0 Å². The van der Waals surface area contributed by atoms with E-state index in [0.29, 0.717) is 18.2 Å². The van der Waals surface area contributed by atoms with Crippen LogP contribution >= 0.6 is 0 Å². The van der Waals surface area contributed by atoms with Crippen molar-refractivity contribution in [1.29, 1.82) is 0 Å². The van der Waals surface area contributed by atoms with Gasteiger partial charge in [0.15, 0.2) is 0 Å². The first-order valence-corrected chi connectivity index (χ1v) is 9.49. The zero-order chi connectivity index (χ0) is 20.1. The Labute approximate surface area is 168 Å². The highest BCUT2D eigenvalue weighted by atomic mass is 16.2. The number of aromatic nitrogens is 3. The minimum Gasteiger partial charge on any atom is -0.349 e. The molecule has 7 nitrogen and oxygen atoms in total. The fourth-order valence-corrected chi connectivity index (χ4v) is 2.76. The minimum absolute atomic E-state index is 0.0575. The molecule has 1 aliphatic carbocycles. The maximum atomic E-state index is 12.1. The summed E-state index contributed by atoms with van der Waals surface area (Å²) < 4.78 is 1.67. The summed E-state index contributed by atoms with van der Waals surface area (Å²) in [4.78, 5) is 28.2. The molecule has 146 valence electrons. The Hall–Kier alpha value is -3.74. The molecule has 0 spiro atoms. The van der Waals surface area contributed by atoms with Crippen molar-refractivity contribution in [2.24, 2.45) is 0 Å². The average Bonchev–Trinajstić information content (AvgIpc) is 3.45. The van der Waals surface area contributed by atoms with E-state index in [0.717, 1.165) is 24.0 Å². The highest BCUT2D eigenvalue weighted by Crippen LogP contribution is 2.19. The van der Waals surface area contributed by atoms with Crippen molar-refractivity contribution >= 4 is 23.8 Å². The summed E-state index contributed by atoms with van der Waals surface area (Å²) in [5.74, 6) is -0.126. The van der Waals surface area contributed by atoms with Crippen LogP contribution in [-0.2, 0) is 11.3 Å². The van der Waals surface area contributed by atoms with Crippen LogP contribution in [0.1, 0.15) is 34.3 Å². The van der Waals surface area contributed by atoms with Crippen molar-refractivity contribution in [3.8, 4) is 0 Å². The minimum atomic E-state index is -0.321. The number of nitrogens with one attached hydrogen (secondary N) is 2. The van der Waals surface area contributed by atoms with Gasteiger partial charge in [-0.1, -0.05) is 42.5 Å². The van der Waals surface area contributed by atoms with Gasteiger partial charge in [-0.25, -0.2) is 9.67 Å². The summed E-state index contributed by atoms with van der Waals surface area (Å²) in [6.07, 6.45) is 6.79. The Kier molecular flexibility index (Phi) is 5.47. The Morgan fingerprint density at radius 3 is 2.55 bits per heavy atom. The van der Waals surface area contributed by atoms with Crippen molar-refractivity contribution in [2.75, 3.05) is 5.32 Å². The van der Waals surface area contributed by atoms with E-state index in [9.17, 15) is 9.59 Å². The lowest BCUT2D eigenvalue weighted by Gasteiger charge is -2.03. The van der Waals surface area contributed by atoms with Gasteiger partial charge < -0.3 is 5.32 Å². The third-order valence-electron chi connectivity index (χ3n) is 4.47. The molecule has 0 saturated heterocycles. The zero-order valence-corrected chi connectivity index (χ0v) is 15.8. The Bertz CT molecular complexity index is 1020. The van der Waals surface area contributed by atoms with E-state index >= 15 is 0 Å². The fourth-order valence-electron chi connectivity index (χ4n) is 2.76. The van der Waals surface area contributed by atoms with Crippen LogP contribution in [0.2, 0.25) is 0 Å². The molecule has 1 fully saturated rings. The van der Waals surface area contributed by atoms with Crippen molar-refractivity contribution in [3.63, 3.8) is 0 Å². The van der Waals surface area contributed by atoms with E-state index in [2.05, 4.69) is 20.7 Å². The van der Waals surface area contributed by atoms with Gasteiger partial charge in [-0.3, -0.25) is 14.9 Å². The van der Waals surface area contributed by atoms with Crippen LogP contribution in [0.25, 0.3) is 6.08 Å². The van der Waals surface area contributed by atoms with Crippen LogP contribution in [0.3, 0.4) is 0 Å². The molecule has 1 saturated carbocycles. The maximum Gasteiger partial charge on any atom is 0.251 e. The number of nitrogens with zero attached hydrogens (tertiary/aromatic N) is 3. The van der Waals surface area contributed by atoms with Crippen molar-refractivity contribution in [2.45, 2.75) is 25.4 Å². The molecule has 2 amide bonds. The summed E-state index contributed by atoms with van der Waals surface area (Å²) in [7, 11) is 0. The summed E-state index contributed by atoms with van der Waals surface area (Å²) in [5, 5.41) is 9.85. The second kappa shape index (κ2) is 8.52. The van der Waals surface area contributed by atoms with E-state index in [1.807, 2.05) is 30.3 Å². The number of benzene rings is 2. The number of hydrogen-bond acceptors (Lipinski definition) is 4. The van der Waals surface area contributed by atoms with Gasteiger partial charge in [0.1, 0.15) is 6.33 Å². The van der Waals surface area contributed by atoms with E-state index < -0.39 is 0 Å². The number of carbonyl (C=O) groups is 2. The lowest BCUT2D eigenvalue weighted by Crippen LogP contribution is -2.25. The highest BCUT2D eigenvalue weighted by Gasteiger charge is 2.23. The van der Waals surface area contributed by atoms with Crippen LogP contribution in [-0.4, -0.2) is 32.6 Å². The monoisotopic (exact) mass is 387 g/mol. The quantitative estimate of drug-likeness (QED) is 0.610. The smallest absolute Gasteiger partial charge is 0.251 e. The third kappa shape index (κ3) is 5.38. The first-order chi connectivity index (χ1) is 14.2. The normalized spacial score (nSPS) is 13.4. The Morgan fingerprint density at radius 2 is 1.83 bits per heavy atom. The Morgan fingerprint density at radius 1 is 1.07 bits per heavy atom. The lowest BCUT2D eigenvalue weighted by atomic mass is 10.1. The van der Waals surface area contributed by atoms with Crippen molar-refractivity contribution < 1.29 is 9.59 Å². The van der Waals surface area contributed by atoms with E-state index in [1.165, 1.54) is 6.08 Å². The van der Waals surface area contributed by atoms with Gasteiger partial charge in [0, 0.05) is 17.7 Å². The SMILES string of the molecule is O=C(/C=C/c1ccc(C(=O)NC2CC2)cc1)Nc1ncn(Cc2ccccc2)n1. The molecule has 3 aromatic rings. The molecule has 2 N–H and O–H groups in total. The van der Waals surface area contributed by atoms with Gasteiger partial charge in [-0.2, -0.15) is 0 Å². The molecule has 7 heteroatoms. The molecule has 0 unspecified atom stereocenters. The number of anilines is 1. The number of carbonyl (C=O) groups excluding carboxylic acids is 2. The van der Waals surface area contributed by atoms with Crippen LogP contribution in [0.4, 0.5) is 5.95 Å². The predicted molar refractivity (Wildman–Crippen MR) is 110 cm³/mol. The van der Waals surface area contributed by atoms with Gasteiger partial charge in [0.25, 0.3) is 11.8 Å². The summed E-state index contributed by atoms with van der Waals surface area (Å²) in [5.41, 5.74) is 2.54. The Balaban J connectivity index is 1.30. The molecule has 29 heavy (non-hydrogen) atoms. The molecule has 1 heterocycles. The molecule has 0 radical (unpaired) electrons. The number of hydrogen-bond donors (Lipinski definition) is 2. The summed E-state index contributed by atoms with van der Waals surface area (Å²) in [6, 6.07) is 17.3. The molecular formula is C22H21N5O2. The predicted octanol–water partition coefficient (Wildman–Crippen LogP) is 2.87. The second-order valence-corrected chi connectivity index (χ2v) is 6.94. The maximum absolute atomic E-state index is 12.1. The topological polar surface area (TPSA) is 88.9 Å². The number of amides is 2. The van der Waals surface area contributed by atoms with Crippen molar-refractivity contribution in [3.05, 3.63) is 83.7 Å². The zero-order valence-electron chi connectivity index (χ0n) is 15.8. The highest BCUT2D eigenvalue weighted by molar-refractivity contribution is 6.01. The molecule has 1 aliphatic rings. The van der Waals surface area contributed by atoms with E-state index in [1.54, 1.807) is 41.4 Å². The lowest BCUT2D eigenvalue weighted by molar-refractivity contribution is -0.111. The molecule has 0 aliphatic heterocycles. The van der Waals surface area contributed by atoms with Gasteiger partial charge in [-0.05, 0) is 42.2 Å². The molecule has 1 aromatic heterocycles. The largest absolute Gasteiger partial charge is 0.349 e. The summed E-state index contributed by atoms with van der Waals surface area (Å²) in [6.45, 7) is 0.584. The van der Waals surface area contributed by atoms with Gasteiger partial charge in [-0.15, -0.1) is 5.10 Å². The summed E-state index contributed by atoms with van der Waals surface area (Å²) >= 11 is 0. The van der Waals surface area contributed by atoms with E-state index in [-0.39, 0.29) is 17.8 Å². The molecule has 2 aromatic carbocycles. The van der Waals surface area contributed by atoms with Gasteiger partial charge in [0.2, 0.25) is 5.95 Å². The molecule has 0 bridgehead atoms. The van der Waals surface area contributed by atoms with Crippen molar-refractivity contribution in [1.82, 2.24) is 20.1 Å². The fraction of sp³-hybridized carbons (Fsp3) is 0.182. The van der Waals surface area contributed by atoms with E-state index in [4.69, 9.17) is 0 Å². The number of rotatable bonds is 7. The van der Waals surface area contributed by atoms with Crippen LogP contribution in [0.5, 0.6) is 0 Å². The van der Waals surface area contributed by atoms with Gasteiger partial charge in [0.05, 0.1) is 6.54 Å². The average molecular weight is 387 g/mol. The standard InChI is InChI=1S/C22H21N5O2/c28-20(25-22-23-15-27(26-22)14-17-4-2-1-3-5-17)13-8-16-6-9-18(10-7-16)21(29)24-19-11-12-19/h1-10,13,15,19H,11-12,14H2,(H,24,29)(H,25,26,28)/b13-8+. The van der Waals surface area contributed by atoms with Crippen LogP contribution in [0.15, 0.2) is 67.0 Å². The second-order valence-electron chi connectivity index (χ2n) is 6.94. The third-order valence-corrected chi connectivity index (χ3v) is 4.47. The first-order valence-electron chi connectivity index (χ1n) is 9.49.